The second-order valence-electron chi connectivity index (χ2n) is 7.55. The molecule has 14 nitrogen and oxygen atoms in total. The molecule has 0 saturated carbocycles. The normalized spacial score (nSPS) is 20.2. The molecule has 2 aromatic rings. The van der Waals surface area contributed by atoms with Crippen LogP contribution in [0.4, 0.5) is 5.82 Å². The summed E-state index contributed by atoms with van der Waals surface area (Å²) in [6, 6.07) is 5.79. The van der Waals surface area contributed by atoms with Crippen molar-refractivity contribution in [3.63, 3.8) is 0 Å². The van der Waals surface area contributed by atoms with E-state index >= 15 is 0 Å². The van der Waals surface area contributed by atoms with Crippen molar-refractivity contribution >= 4 is 25.9 Å². The number of pyridine rings is 1. The van der Waals surface area contributed by atoms with Crippen LogP contribution in [-0.2, 0) is 20.0 Å². The van der Waals surface area contributed by atoms with Crippen LogP contribution in [0.15, 0.2) is 40.3 Å². The first kappa shape index (κ1) is 23.9. The van der Waals surface area contributed by atoms with E-state index in [0.29, 0.717) is 24.2 Å². The van der Waals surface area contributed by atoms with Crippen LogP contribution < -0.4 is 48.1 Å². The molecular formula is C17H26N10O4S2. The number of piperazine rings is 1. The lowest BCUT2D eigenvalue weighted by Gasteiger charge is -2.25. The molecule has 11 N–H and O–H groups in total. The van der Waals surface area contributed by atoms with Crippen LogP contribution >= 0.6 is 0 Å². The van der Waals surface area contributed by atoms with Gasteiger partial charge in [-0.2, -0.15) is 11.1 Å². The largest absolute Gasteiger partial charge is 0.384 e. The lowest BCUT2D eigenvalue weighted by Crippen LogP contribution is -2.53. The fraction of sp³-hybridized carbons (Fsp3) is 0.353. The molecule has 0 unspecified atom stereocenters. The summed E-state index contributed by atoms with van der Waals surface area (Å²) in [5.74, 6) is 0.279. The van der Waals surface area contributed by atoms with E-state index < -0.39 is 36.0 Å². The lowest BCUT2D eigenvalue weighted by atomic mass is 9.99. The number of nitrogens with one attached hydrogen (secondary N) is 7. The Kier molecular flexibility index (Phi) is 6.91. The maximum atomic E-state index is 13.2. The Morgan fingerprint density at radius 3 is 2.42 bits per heavy atom. The Morgan fingerprint density at radius 1 is 1.06 bits per heavy atom. The van der Waals surface area contributed by atoms with Crippen molar-refractivity contribution in [1.29, 1.82) is 0 Å². The predicted molar refractivity (Wildman–Crippen MR) is 121 cm³/mol. The van der Waals surface area contributed by atoms with Gasteiger partial charge in [0.1, 0.15) is 21.8 Å². The number of benzene rings is 1. The Balaban J connectivity index is 1.83. The molecular weight excluding hydrogens is 472 g/mol. The quantitative estimate of drug-likeness (QED) is 0.186. The van der Waals surface area contributed by atoms with E-state index in [4.69, 9.17) is 10.9 Å². The third kappa shape index (κ3) is 5.30. The number of nitrogens with zero attached hydrogens (tertiary/aromatic N) is 1. The van der Waals surface area contributed by atoms with E-state index in [9.17, 15) is 16.8 Å². The highest BCUT2D eigenvalue weighted by atomic mass is 32.2. The molecule has 0 radical (unpaired) electrons. The fourth-order valence-electron chi connectivity index (χ4n) is 3.73. The van der Waals surface area contributed by atoms with Crippen molar-refractivity contribution in [3.8, 4) is 11.1 Å². The number of primary sulfonamides is 1. The summed E-state index contributed by atoms with van der Waals surface area (Å²) < 4.78 is 54.4. The Labute approximate surface area is 191 Å². The number of nitrogen functional groups attached to an aromatic ring is 1. The molecule has 1 atom stereocenters. The highest BCUT2D eigenvalue weighted by Crippen LogP contribution is 2.36. The van der Waals surface area contributed by atoms with Gasteiger partial charge in [-0.3, -0.25) is 0 Å². The number of sulfonamides is 2. The third-order valence-electron chi connectivity index (χ3n) is 5.26. The molecule has 33 heavy (non-hydrogen) atoms. The molecule has 0 aliphatic carbocycles. The van der Waals surface area contributed by atoms with Crippen molar-refractivity contribution < 1.29 is 16.8 Å². The van der Waals surface area contributed by atoms with Gasteiger partial charge in [-0.25, -0.2) is 42.5 Å². The van der Waals surface area contributed by atoms with Gasteiger partial charge in [0.2, 0.25) is 20.0 Å². The van der Waals surface area contributed by atoms with Gasteiger partial charge in [-0.05, 0) is 23.8 Å². The molecule has 2 fully saturated rings. The molecule has 2 aliphatic rings. The summed E-state index contributed by atoms with van der Waals surface area (Å²) in [7, 11) is -8.73. The van der Waals surface area contributed by atoms with Gasteiger partial charge in [-0.1, -0.05) is 6.07 Å². The van der Waals surface area contributed by atoms with Gasteiger partial charge >= 0.3 is 0 Å². The van der Waals surface area contributed by atoms with Crippen LogP contribution in [-0.4, -0.2) is 54.0 Å². The van der Waals surface area contributed by atoms with Gasteiger partial charge in [0.15, 0.2) is 0 Å². The summed E-state index contributed by atoms with van der Waals surface area (Å²) in [5.41, 5.74) is 17.5. The van der Waals surface area contributed by atoms with E-state index in [2.05, 4.69) is 42.3 Å². The van der Waals surface area contributed by atoms with E-state index in [1.54, 1.807) is 12.1 Å². The number of hydrogen-bond donors (Lipinski definition) is 9. The molecule has 1 aromatic heterocycles. The second-order valence-corrected chi connectivity index (χ2v) is 10.8. The minimum atomic E-state index is -4.49. The van der Waals surface area contributed by atoms with Crippen LogP contribution in [0.3, 0.4) is 0 Å². The molecule has 16 heteroatoms. The van der Waals surface area contributed by atoms with Gasteiger partial charge in [-0.15, -0.1) is 0 Å². The number of aromatic nitrogens is 1. The van der Waals surface area contributed by atoms with Crippen LogP contribution in [0, 0.1) is 0 Å². The van der Waals surface area contributed by atoms with Crippen LogP contribution in [0.5, 0.6) is 0 Å². The standard InChI is InChI=1S/C17H26N10O4S2/c18-14-4-1-10(7-22-14)12-2-3-13(33(30,31)23-9-11-8-20-5-6-21-11)16(32(19,28)29)15(12)17-24-26-27-25-17/h1-4,7,11,17,20-21,23-27H,5-6,8-9H2,(H2,18,22)(H2,19,28,29)/t11-/m0/s1. The molecule has 0 amide bonds. The Bertz CT molecular complexity index is 1210. The molecule has 180 valence electrons. The van der Waals surface area contributed by atoms with Crippen LogP contribution in [0.25, 0.3) is 11.1 Å². The summed E-state index contributed by atoms with van der Waals surface area (Å²) in [4.78, 5) is 3.06. The Morgan fingerprint density at radius 2 is 1.82 bits per heavy atom. The molecule has 4 rings (SSSR count). The average Bonchev–Trinajstić information content (AvgIpc) is 3.32. The van der Waals surface area contributed by atoms with Crippen molar-refractivity contribution in [2.24, 2.45) is 5.14 Å². The Hall–Kier alpha value is -2.25. The van der Waals surface area contributed by atoms with Gasteiger partial charge in [0, 0.05) is 49.5 Å². The van der Waals surface area contributed by atoms with E-state index in [-0.39, 0.29) is 24.0 Å². The van der Waals surface area contributed by atoms with Crippen molar-refractivity contribution in [2.45, 2.75) is 22.0 Å². The van der Waals surface area contributed by atoms with Crippen LogP contribution in [0.2, 0.25) is 0 Å². The zero-order chi connectivity index (χ0) is 23.6. The van der Waals surface area contributed by atoms with Crippen molar-refractivity contribution in [3.05, 3.63) is 36.0 Å². The monoisotopic (exact) mass is 498 g/mol. The predicted octanol–water partition coefficient (Wildman–Crippen LogP) is -3.07. The van der Waals surface area contributed by atoms with Crippen molar-refractivity contribution in [2.75, 3.05) is 31.9 Å². The van der Waals surface area contributed by atoms with Gasteiger partial charge < -0.3 is 16.4 Å². The third-order valence-corrected chi connectivity index (χ3v) is 7.86. The van der Waals surface area contributed by atoms with Crippen LogP contribution in [0.1, 0.15) is 11.7 Å². The fourth-order valence-corrected chi connectivity index (χ4v) is 6.47. The molecule has 3 heterocycles. The zero-order valence-electron chi connectivity index (χ0n) is 17.4. The zero-order valence-corrected chi connectivity index (χ0v) is 19.1. The summed E-state index contributed by atoms with van der Waals surface area (Å²) >= 11 is 0. The second kappa shape index (κ2) is 9.55. The first-order valence-corrected chi connectivity index (χ1v) is 13.1. The maximum Gasteiger partial charge on any atom is 0.241 e. The summed E-state index contributed by atoms with van der Waals surface area (Å²) in [6.07, 6.45) is 0.621. The summed E-state index contributed by atoms with van der Waals surface area (Å²) in [6.45, 7) is 2.13. The number of rotatable bonds is 7. The first-order chi connectivity index (χ1) is 15.7. The SMILES string of the molecule is Nc1ccc(-c2ccc(S(=O)(=O)NC[C@@H]3CNCCN3)c(S(N)(=O)=O)c2C2NNNN2)cn1. The van der Waals surface area contributed by atoms with E-state index in [1.165, 1.54) is 18.3 Å². The minimum absolute atomic E-state index is 0.0708. The van der Waals surface area contributed by atoms with E-state index in [1.807, 2.05) is 0 Å². The average molecular weight is 499 g/mol. The highest BCUT2D eigenvalue weighted by Gasteiger charge is 2.34. The lowest BCUT2D eigenvalue weighted by molar-refractivity contribution is 0.414. The van der Waals surface area contributed by atoms with E-state index in [0.717, 1.165) is 6.54 Å². The summed E-state index contributed by atoms with van der Waals surface area (Å²) in [5, 5.41) is 11.9. The molecule has 0 bridgehead atoms. The van der Waals surface area contributed by atoms with Gasteiger partial charge in [0.05, 0.1) is 0 Å². The smallest absolute Gasteiger partial charge is 0.241 e. The minimum Gasteiger partial charge on any atom is -0.384 e. The highest BCUT2D eigenvalue weighted by molar-refractivity contribution is 7.92. The topological polar surface area (TPSA) is 217 Å². The molecule has 1 aromatic carbocycles. The van der Waals surface area contributed by atoms with Crippen molar-refractivity contribution in [1.82, 2.24) is 42.3 Å². The number of hydrogen-bond acceptors (Lipinski definition) is 12. The first-order valence-electron chi connectivity index (χ1n) is 10.0. The van der Waals surface area contributed by atoms with Gasteiger partial charge in [0.25, 0.3) is 0 Å². The molecule has 0 spiro atoms. The number of nitrogens with two attached hydrogens (primary N) is 2. The molecule has 2 saturated heterocycles. The molecule has 2 aliphatic heterocycles. The number of hydrazine groups is 3. The maximum absolute atomic E-state index is 13.2. The number of anilines is 1.